The summed E-state index contributed by atoms with van der Waals surface area (Å²) in [6, 6.07) is 4.25. The lowest BCUT2D eigenvalue weighted by Gasteiger charge is -2.08. The van der Waals surface area contributed by atoms with Crippen molar-refractivity contribution in [1.29, 1.82) is 0 Å². The van der Waals surface area contributed by atoms with Crippen LogP contribution in [0.4, 0.5) is 10.7 Å². The number of halogens is 1. The van der Waals surface area contributed by atoms with Gasteiger partial charge >= 0.3 is 11.9 Å². The van der Waals surface area contributed by atoms with Crippen molar-refractivity contribution in [2.45, 2.75) is 13.8 Å². The highest BCUT2D eigenvalue weighted by Crippen LogP contribution is 2.33. The predicted molar refractivity (Wildman–Crippen MR) is 113 cm³/mol. The monoisotopic (exact) mass is 453 g/mol. The van der Waals surface area contributed by atoms with E-state index in [0.717, 1.165) is 11.3 Å². The lowest BCUT2D eigenvalue weighted by atomic mass is 10.1. The summed E-state index contributed by atoms with van der Waals surface area (Å²) in [6.07, 6.45) is 0. The van der Waals surface area contributed by atoms with Crippen LogP contribution in [0.2, 0.25) is 5.02 Å². The van der Waals surface area contributed by atoms with Crippen molar-refractivity contribution in [3.05, 3.63) is 44.8 Å². The minimum atomic E-state index is -0.811. The van der Waals surface area contributed by atoms with Crippen molar-refractivity contribution >= 4 is 57.4 Å². The van der Waals surface area contributed by atoms with Crippen LogP contribution >= 0.6 is 22.9 Å². The van der Waals surface area contributed by atoms with Gasteiger partial charge in [-0.05, 0) is 37.6 Å². The number of nitrogens with one attached hydrogen (secondary N) is 2. The molecule has 0 aliphatic heterocycles. The van der Waals surface area contributed by atoms with Crippen LogP contribution in [0.15, 0.2) is 18.2 Å². The molecule has 0 unspecified atom stereocenters. The molecule has 0 saturated carbocycles. The third-order valence-corrected chi connectivity index (χ3v) is 5.38. The van der Waals surface area contributed by atoms with Gasteiger partial charge in [0.05, 0.1) is 27.6 Å². The first kappa shape index (κ1) is 23.2. The molecule has 4 N–H and O–H groups in total. The number of ether oxygens (including phenoxy) is 2. The van der Waals surface area contributed by atoms with Crippen LogP contribution in [0.1, 0.15) is 42.9 Å². The lowest BCUT2D eigenvalue weighted by molar-refractivity contribution is -0.119. The van der Waals surface area contributed by atoms with Gasteiger partial charge in [-0.3, -0.25) is 9.59 Å². The van der Waals surface area contributed by atoms with Gasteiger partial charge in [0.25, 0.3) is 11.8 Å². The van der Waals surface area contributed by atoms with Crippen molar-refractivity contribution in [1.82, 2.24) is 5.32 Å². The van der Waals surface area contributed by atoms with Gasteiger partial charge in [-0.25, -0.2) is 9.59 Å². The van der Waals surface area contributed by atoms with Crippen LogP contribution in [0, 0.1) is 6.92 Å². The highest BCUT2D eigenvalue weighted by atomic mass is 35.5. The highest BCUT2D eigenvalue weighted by molar-refractivity contribution is 7.18. The van der Waals surface area contributed by atoms with Crippen molar-refractivity contribution in [3.8, 4) is 0 Å². The maximum atomic E-state index is 12.3. The molecule has 1 aromatic heterocycles. The smallest absolute Gasteiger partial charge is 0.341 e. The first-order valence-corrected chi connectivity index (χ1v) is 9.93. The number of nitrogens with two attached hydrogens (primary N) is 1. The maximum Gasteiger partial charge on any atom is 0.341 e. The Morgan fingerprint density at radius 1 is 1.17 bits per heavy atom. The normalized spacial score (nSPS) is 10.3. The molecular formula is C19H20ClN3O6S. The fourth-order valence-corrected chi connectivity index (χ4v) is 3.87. The molecule has 9 nitrogen and oxygen atoms in total. The zero-order valence-electron chi connectivity index (χ0n) is 16.5. The summed E-state index contributed by atoms with van der Waals surface area (Å²) < 4.78 is 9.98. The molecule has 0 saturated heterocycles. The van der Waals surface area contributed by atoms with Crippen molar-refractivity contribution in [3.63, 3.8) is 0 Å². The molecule has 2 amide bonds. The summed E-state index contributed by atoms with van der Waals surface area (Å²) in [5, 5.41) is 5.17. The Balaban J connectivity index is 2.16. The summed E-state index contributed by atoms with van der Waals surface area (Å²) >= 11 is 6.87. The SMILES string of the molecule is CCOC(=O)c1c(NC(=O)COC(=O)c2ccc(N)cc2Cl)sc(C(=O)NC)c1C. The topological polar surface area (TPSA) is 137 Å². The Morgan fingerprint density at radius 2 is 1.87 bits per heavy atom. The zero-order valence-corrected chi connectivity index (χ0v) is 18.0. The van der Waals surface area contributed by atoms with Gasteiger partial charge in [0.15, 0.2) is 6.61 Å². The van der Waals surface area contributed by atoms with Gasteiger partial charge in [-0.1, -0.05) is 11.6 Å². The Labute approximate surface area is 181 Å². The van der Waals surface area contributed by atoms with E-state index in [2.05, 4.69) is 10.6 Å². The molecule has 0 bridgehead atoms. The van der Waals surface area contributed by atoms with E-state index in [1.807, 2.05) is 0 Å². The summed E-state index contributed by atoms with van der Waals surface area (Å²) in [5.41, 5.74) is 6.45. The molecule has 0 fully saturated rings. The molecule has 11 heteroatoms. The predicted octanol–water partition coefficient (Wildman–Crippen LogP) is 2.62. The Morgan fingerprint density at radius 3 is 2.47 bits per heavy atom. The average Bonchev–Trinajstić information content (AvgIpc) is 3.01. The fraction of sp³-hybridized carbons (Fsp3) is 0.263. The van der Waals surface area contributed by atoms with Gasteiger partial charge in [0, 0.05) is 12.7 Å². The van der Waals surface area contributed by atoms with Gasteiger partial charge in [0.2, 0.25) is 0 Å². The molecule has 2 aromatic rings. The summed E-state index contributed by atoms with van der Waals surface area (Å²) in [6.45, 7) is 2.70. The molecule has 0 aliphatic carbocycles. The second-order valence-corrected chi connectivity index (χ2v) is 7.35. The fourth-order valence-electron chi connectivity index (χ4n) is 2.45. The van der Waals surface area contributed by atoms with Gasteiger partial charge in [-0.15, -0.1) is 11.3 Å². The number of nitrogen functional groups attached to an aromatic ring is 1. The van der Waals surface area contributed by atoms with Gasteiger partial charge in [-0.2, -0.15) is 0 Å². The third kappa shape index (κ3) is 5.28. The van der Waals surface area contributed by atoms with Crippen LogP contribution in [-0.2, 0) is 14.3 Å². The molecule has 1 aromatic carbocycles. The minimum Gasteiger partial charge on any atom is -0.462 e. The molecule has 0 radical (unpaired) electrons. The van der Waals surface area contributed by atoms with Crippen LogP contribution in [0.25, 0.3) is 0 Å². The van der Waals surface area contributed by atoms with Crippen LogP contribution < -0.4 is 16.4 Å². The van der Waals surface area contributed by atoms with Crippen LogP contribution in [0.3, 0.4) is 0 Å². The Kier molecular flexibility index (Phi) is 7.79. The summed E-state index contributed by atoms with van der Waals surface area (Å²) in [7, 11) is 1.45. The first-order valence-electron chi connectivity index (χ1n) is 8.74. The van der Waals surface area contributed by atoms with Crippen LogP contribution in [-0.4, -0.2) is 44.0 Å². The van der Waals surface area contributed by atoms with E-state index < -0.39 is 30.4 Å². The molecule has 2 rings (SSSR count). The maximum absolute atomic E-state index is 12.3. The van der Waals surface area contributed by atoms with Gasteiger partial charge < -0.3 is 25.8 Å². The molecule has 1 heterocycles. The second-order valence-electron chi connectivity index (χ2n) is 5.92. The van der Waals surface area contributed by atoms with Crippen LogP contribution in [0.5, 0.6) is 0 Å². The number of rotatable bonds is 7. The quantitative estimate of drug-likeness (QED) is 0.432. The van der Waals surface area contributed by atoms with E-state index >= 15 is 0 Å². The molecule has 160 valence electrons. The summed E-state index contributed by atoms with van der Waals surface area (Å²) in [5.74, 6) is -2.60. The number of benzene rings is 1. The van der Waals surface area contributed by atoms with E-state index in [0.29, 0.717) is 11.3 Å². The molecule has 0 spiro atoms. The Bertz CT molecular complexity index is 1000. The standard InChI is InChI=1S/C19H20ClN3O6S/c1-4-28-19(27)14-9(2)15(16(25)22-3)30-17(14)23-13(24)8-29-18(26)11-6-5-10(21)7-12(11)20/h5-7H,4,8,21H2,1-3H3,(H,22,25)(H,23,24). The number of thiophene rings is 1. The minimum absolute atomic E-state index is 0.0553. The second kappa shape index (κ2) is 10.1. The Hall–Kier alpha value is -3.11. The number of carbonyl (C=O) groups is 4. The average molecular weight is 454 g/mol. The molecule has 30 heavy (non-hydrogen) atoms. The van der Waals surface area contributed by atoms with E-state index in [1.165, 1.54) is 25.2 Å². The van der Waals surface area contributed by atoms with Crippen molar-refractivity contribution in [2.24, 2.45) is 0 Å². The number of hydrogen-bond acceptors (Lipinski definition) is 8. The molecule has 0 atom stereocenters. The van der Waals surface area contributed by atoms with E-state index in [4.69, 9.17) is 26.8 Å². The number of amides is 2. The molecule has 0 aliphatic rings. The summed E-state index contributed by atoms with van der Waals surface area (Å²) in [4.78, 5) is 49.0. The number of anilines is 2. The zero-order chi connectivity index (χ0) is 22.4. The number of carbonyl (C=O) groups excluding carboxylic acids is 4. The highest BCUT2D eigenvalue weighted by Gasteiger charge is 2.26. The van der Waals surface area contributed by atoms with E-state index in [1.54, 1.807) is 13.8 Å². The largest absolute Gasteiger partial charge is 0.462 e. The van der Waals surface area contributed by atoms with Crippen molar-refractivity contribution in [2.75, 3.05) is 31.3 Å². The number of hydrogen-bond donors (Lipinski definition) is 3. The van der Waals surface area contributed by atoms with E-state index in [9.17, 15) is 19.2 Å². The van der Waals surface area contributed by atoms with Crippen molar-refractivity contribution < 1.29 is 28.7 Å². The lowest BCUT2D eigenvalue weighted by Crippen LogP contribution is -2.22. The molecular weight excluding hydrogens is 434 g/mol. The number of esters is 2. The van der Waals surface area contributed by atoms with E-state index in [-0.39, 0.29) is 32.6 Å². The third-order valence-electron chi connectivity index (χ3n) is 3.86. The first-order chi connectivity index (χ1) is 14.2. The van der Waals surface area contributed by atoms with Gasteiger partial charge in [0.1, 0.15) is 5.00 Å².